The Morgan fingerprint density at radius 2 is 1.57 bits per heavy atom. The van der Waals surface area contributed by atoms with E-state index in [9.17, 15) is 26.4 Å². The molecule has 1 heterocycles. The molecule has 3 rings (SSSR count). The zero-order valence-electron chi connectivity index (χ0n) is 15.1. The van der Waals surface area contributed by atoms with E-state index in [0.717, 1.165) is 5.56 Å². The maximum absolute atomic E-state index is 13.7. The van der Waals surface area contributed by atoms with Crippen molar-refractivity contribution in [3.63, 3.8) is 0 Å². The number of halogens is 3. The summed E-state index contributed by atoms with van der Waals surface area (Å²) in [5.74, 6) is -4.80. The van der Waals surface area contributed by atoms with E-state index in [2.05, 4.69) is 5.32 Å². The van der Waals surface area contributed by atoms with Crippen LogP contribution in [0.25, 0.3) is 0 Å². The van der Waals surface area contributed by atoms with Gasteiger partial charge in [-0.2, -0.15) is 4.31 Å². The average molecular weight is 412 g/mol. The average Bonchev–Trinajstić information content (AvgIpc) is 2.66. The summed E-state index contributed by atoms with van der Waals surface area (Å²) in [6, 6.07) is 7.44. The van der Waals surface area contributed by atoms with Gasteiger partial charge < -0.3 is 5.32 Å². The minimum Gasteiger partial charge on any atom is -0.323 e. The highest BCUT2D eigenvalue weighted by atomic mass is 32.2. The van der Waals surface area contributed by atoms with E-state index in [0.29, 0.717) is 12.1 Å². The number of amides is 1. The van der Waals surface area contributed by atoms with Gasteiger partial charge in [-0.3, -0.25) is 4.79 Å². The summed E-state index contributed by atoms with van der Waals surface area (Å²) in [5.41, 5.74) is 0.498. The van der Waals surface area contributed by atoms with Gasteiger partial charge in [0.1, 0.15) is 5.82 Å². The van der Waals surface area contributed by atoms with Gasteiger partial charge in [0.25, 0.3) is 0 Å². The van der Waals surface area contributed by atoms with Crippen LogP contribution in [-0.2, 0) is 14.8 Å². The van der Waals surface area contributed by atoms with Crippen molar-refractivity contribution in [2.24, 2.45) is 5.92 Å². The zero-order chi connectivity index (χ0) is 20.5. The van der Waals surface area contributed by atoms with E-state index >= 15 is 0 Å². The number of carbonyl (C=O) groups excluding carboxylic acids is 1. The fourth-order valence-corrected chi connectivity index (χ4v) is 4.54. The molecule has 1 N–H and O–H groups in total. The molecule has 0 radical (unpaired) electrons. The molecule has 150 valence electrons. The molecule has 1 saturated heterocycles. The number of nitrogens with zero attached hydrogens (tertiary/aromatic N) is 1. The lowest BCUT2D eigenvalue weighted by Gasteiger charge is -2.30. The third-order valence-corrected chi connectivity index (χ3v) is 6.66. The Morgan fingerprint density at radius 1 is 1.00 bits per heavy atom. The molecule has 0 unspecified atom stereocenters. The second-order valence-electron chi connectivity index (χ2n) is 6.73. The second kappa shape index (κ2) is 7.92. The molecule has 1 aliphatic heterocycles. The Kier molecular flexibility index (Phi) is 5.76. The number of sulfonamides is 1. The van der Waals surface area contributed by atoms with Gasteiger partial charge in [0.05, 0.1) is 10.6 Å². The third kappa shape index (κ3) is 4.20. The fraction of sp³-hybridized carbons (Fsp3) is 0.316. The number of piperidine rings is 1. The lowest BCUT2D eigenvalue weighted by atomic mass is 9.97. The summed E-state index contributed by atoms with van der Waals surface area (Å²) in [7, 11) is -3.65. The highest BCUT2D eigenvalue weighted by Crippen LogP contribution is 2.26. The number of nitrogens with one attached hydrogen (secondary N) is 1. The Hall–Kier alpha value is -2.39. The summed E-state index contributed by atoms with van der Waals surface area (Å²) in [5, 5.41) is 2.25. The maximum atomic E-state index is 13.7. The van der Waals surface area contributed by atoms with Crippen LogP contribution in [0.2, 0.25) is 0 Å². The monoisotopic (exact) mass is 412 g/mol. The molecule has 0 bridgehead atoms. The minimum atomic E-state index is -3.65. The standard InChI is InChI=1S/C19H19F3N2O3S/c1-12-2-4-14(5-3-12)28(26,27)24-8-6-13(7-9-24)19(25)23-18-11-16(21)15(20)10-17(18)22/h2-5,10-11,13H,6-9H2,1H3,(H,23,25). The molecular formula is C19H19F3N2O3S. The largest absolute Gasteiger partial charge is 0.323 e. The van der Waals surface area contributed by atoms with E-state index in [1.165, 1.54) is 16.4 Å². The number of benzene rings is 2. The smallest absolute Gasteiger partial charge is 0.243 e. The van der Waals surface area contributed by atoms with Crippen LogP contribution in [0.4, 0.5) is 18.9 Å². The van der Waals surface area contributed by atoms with E-state index in [1.54, 1.807) is 12.1 Å². The highest BCUT2D eigenvalue weighted by molar-refractivity contribution is 7.89. The van der Waals surface area contributed by atoms with E-state index in [-0.39, 0.29) is 30.8 Å². The Labute approximate surface area is 161 Å². The summed E-state index contributed by atoms with van der Waals surface area (Å²) < 4.78 is 66.6. The molecule has 9 heteroatoms. The Bertz CT molecular complexity index is 986. The SMILES string of the molecule is Cc1ccc(S(=O)(=O)N2CCC(C(=O)Nc3cc(F)c(F)cc3F)CC2)cc1. The normalized spacial score (nSPS) is 16.1. The molecule has 0 spiro atoms. The molecule has 0 saturated carbocycles. The van der Waals surface area contributed by atoms with Gasteiger partial charge in [-0.05, 0) is 31.9 Å². The van der Waals surface area contributed by atoms with Crippen LogP contribution in [0, 0.1) is 30.3 Å². The van der Waals surface area contributed by atoms with Crippen molar-refractivity contribution in [3.05, 3.63) is 59.4 Å². The number of hydrogen-bond donors (Lipinski definition) is 1. The molecule has 1 fully saturated rings. The first kappa shape index (κ1) is 20.3. The first-order chi connectivity index (χ1) is 13.2. The first-order valence-electron chi connectivity index (χ1n) is 8.70. The van der Waals surface area contributed by atoms with Crippen LogP contribution in [-0.4, -0.2) is 31.7 Å². The van der Waals surface area contributed by atoms with Crippen LogP contribution in [0.15, 0.2) is 41.3 Å². The van der Waals surface area contributed by atoms with Gasteiger partial charge in [-0.1, -0.05) is 17.7 Å². The topological polar surface area (TPSA) is 66.5 Å². The van der Waals surface area contributed by atoms with Gasteiger partial charge in [0, 0.05) is 31.1 Å². The van der Waals surface area contributed by atoms with E-state index in [4.69, 9.17) is 0 Å². The summed E-state index contributed by atoms with van der Waals surface area (Å²) in [4.78, 5) is 12.5. The van der Waals surface area contributed by atoms with Crippen molar-refractivity contribution in [1.82, 2.24) is 4.31 Å². The molecule has 1 amide bonds. The van der Waals surface area contributed by atoms with Crippen LogP contribution in [0.1, 0.15) is 18.4 Å². The molecule has 5 nitrogen and oxygen atoms in total. The zero-order valence-corrected chi connectivity index (χ0v) is 15.9. The number of carbonyl (C=O) groups is 1. The molecule has 0 atom stereocenters. The van der Waals surface area contributed by atoms with Crippen LogP contribution < -0.4 is 5.32 Å². The second-order valence-corrected chi connectivity index (χ2v) is 8.66. The van der Waals surface area contributed by atoms with Crippen molar-refractivity contribution in [2.75, 3.05) is 18.4 Å². The maximum Gasteiger partial charge on any atom is 0.243 e. The molecular weight excluding hydrogens is 393 g/mol. The van der Waals surface area contributed by atoms with E-state index in [1.807, 2.05) is 6.92 Å². The Morgan fingerprint density at radius 3 is 2.18 bits per heavy atom. The quantitative estimate of drug-likeness (QED) is 0.783. The molecule has 1 aliphatic rings. The molecule has 2 aromatic rings. The first-order valence-corrected chi connectivity index (χ1v) is 10.1. The molecule has 2 aromatic carbocycles. The van der Waals surface area contributed by atoms with Crippen molar-refractivity contribution < 1.29 is 26.4 Å². The van der Waals surface area contributed by atoms with Crippen LogP contribution >= 0.6 is 0 Å². The summed E-state index contributed by atoms with van der Waals surface area (Å²) >= 11 is 0. The van der Waals surface area contributed by atoms with Gasteiger partial charge in [0.15, 0.2) is 11.6 Å². The van der Waals surface area contributed by atoms with E-state index < -0.39 is 45.0 Å². The predicted octanol–water partition coefficient (Wildman–Crippen LogP) is 3.45. The minimum absolute atomic E-state index is 0.133. The third-order valence-electron chi connectivity index (χ3n) is 4.75. The van der Waals surface area contributed by atoms with Crippen molar-refractivity contribution in [3.8, 4) is 0 Å². The predicted molar refractivity (Wildman–Crippen MR) is 97.6 cm³/mol. The molecule has 28 heavy (non-hydrogen) atoms. The number of anilines is 1. The lowest BCUT2D eigenvalue weighted by molar-refractivity contribution is -0.120. The fourth-order valence-electron chi connectivity index (χ4n) is 3.07. The number of aryl methyl sites for hydroxylation is 1. The van der Waals surface area contributed by atoms with Gasteiger partial charge in [-0.15, -0.1) is 0 Å². The molecule has 0 aliphatic carbocycles. The van der Waals surface area contributed by atoms with Gasteiger partial charge in [-0.25, -0.2) is 21.6 Å². The number of rotatable bonds is 4. The van der Waals surface area contributed by atoms with Gasteiger partial charge >= 0.3 is 0 Å². The van der Waals surface area contributed by atoms with Crippen LogP contribution in [0.5, 0.6) is 0 Å². The van der Waals surface area contributed by atoms with Crippen molar-refractivity contribution in [2.45, 2.75) is 24.7 Å². The number of hydrogen-bond acceptors (Lipinski definition) is 3. The summed E-state index contributed by atoms with van der Waals surface area (Å²) in [6.45, 7) is 2.12. The Balaban J connectivity index is 1.64. The summed E-state index contributed by atoms with van der Waals surface area (Å²) in [6.07, 6.45) is 0.477. The van der Waals surface area contributed by atoms with Crippen LogP contribution in [0.3, 0.4) is 0 Å². The highest BCUT2D eigenvalue weighted by Gasteiger charge is 2.32. The van der Waals surface area contributed by atoms with Crippen molar-refractivity contribution in [1.29, 1.82) is 0 Å². The molecule has 0 aromatic heterocycles. The van der Waals surface area contributed by atoms with Crippen molar-refractivity contribution >= 4 is 21.6 Å². The van der Waals surface area contributed by atoms with Gasteiger partial charge in [0.2, 0.25) is 15.9 Å². The lowest BCUT2D eigenvalue weighted by Crippen LogP contribution is -2.41.